The van der Waals surface area contributed by atoms with Gasteiger partial charge in [0.2, 0.25) is 0 Å². The van der Waals surface area contributed by atoms with Gasteiger partial charge in [-0.15, -0.1) is 0 Å². The van der Waals surface area contributed by atoms with Gasteiger partial charge in [0.15, 0.2) is 0 Å². The Kier molecular flexibility index (Phi) is 4.83. The van der Waals surface area contributed by atoms with E-state index in [1.807, 2.05) is 18.7 Å². The summed E-state index contributed by atoms with van der Waals surface area (Å²) in [5.41, 5.74) is 0. The number of piperazine rings is 1. The highest BCUT2D eigenvalue weighted by Gasteiger charge is 2.28. The molecule has 2 fully saturated rings. The van der Waals surface area contributed by atoms with Gasteiger partial charge in [-0.25, -0.2) is 4.79 Å². The topological polar surface area (TPSA) is 44.8 Å². The third-order valence-electron chi connectivity index (χ3n) is 3.73. The van der Waals surface area contributed by atoms with E-state index >= 15 is 0 Å². The average molecular weight is 255 g/mol. The monoisotopic (exact) mass is 255 g/mol. The Morgan fingerprint density at radius 1 is 1.17 bits per heavy atom. The summed E-state index contributed by atoms with van der Waals surface area (Å²) in [5.74, 6) is 0. The van der Waals surface area contributed by atoms with Crippen LogP contribution in [-0.2, 0) is 4.74 Å². The van der Waals surface area contributed by atoms with Gasteiger partial charge in [-0.05, 0) is 26.7 Å². The van der Waals surface area contributed by atoms with E-state index in [0.29, 0.717) is 6.04 Å². The van der Waals surface area contributed by atoms with Gasteiger partial charge in [-0.1, -0.05) is 0 Å². The van der Waals surface area contributed by atoms with E-state index in [0.717, 1.165) is 52.1 Å². The number of carbonyl (C=O) groups excluding carboxylic acids is 1. The van der Waals surface area contributed by atoms with Crippen LogP contribution < -0.4 is 5.32 Å². The molecule has 0 aromatic carbocycles. The van der Waals surface area contributed by atoms with Crippen LogP contribution in [0.15, 0.2) is 0 Å². The van der Waals surface area contributed by atoms with E-state index in [9.17, 15) is 4.79 Å². The van der Waals surface area contributed by atoms with Crippen molar-refractivity contribution >= 4 is 6.09 Å². The quantitative estimate of drug-likeness (QED) is 0.796. The lowest BCUT2D eigenvalue weighted by Crippen LogP contribution is -2.52. The van der Waals surface area contributed by atoms with Crippen molar-refractivity contribution in [3.63, 3.8) is 0 Å². The first-order valence-corrected chi connectivity index (χ1v) is 7.07. The molecule has 2 saturated heterocycles. The molecule has 0 aromatic rings. The maximum Gasteiger partial charge on any atom is 0.410 e. The normalized spacial score (nSPS) is 23.4. The first kappa shape index (κ1) is 13.6. The van der Waals surface area contributed by atoms with Crippen LogP contribution in [0.25, 0.3) is 0 Å². The highest BCUT2D eigenvalue weighted by atomic mass is 16.6. The molecule has 0 atom stereocenters. The van der Waals surface area contributed by atoms with Gasteiger partial charge in [0.25, 0.3) is 0 Å². The summed E-state index contributed by atoms with van der Waals surface area (Å²) >= 11 is 0. The van der Waals surface area contributed by atoms with Crippen LogP contribution in [0.1, 0.15) is 26.7 Å². The molecule has 0 radical (unpaired) electrons. The number of hydrogen-bond acceptors (Lipinski definition) is 4. The van der Waals surface area contributed by atoms with E-state index in [1.165, 1.54) is 0 Å². The number of amides is 1. The van der Waals surface area contributed by atoms with E-state index in [2.05, 4.69) is 10.2 Å². The minimum absolute atomic E-state index is 0.0246. The van der Waals surface area contributed by atoms with Crippen LogP contribution in [0.5, 0.6) is 0 Å². The van der Waals surface area contributed by atoms with Crippen LogP contribution in [0.3, 0.4) is 0 Å². The van der Waals surface area contributed by atoms with E-state index in [4.69, 9.17) is 4.74 Å². The molecule has 0 saturated carbocycles. The number of likely N-dealkylation sites (tertiary alicyclic amines) is 1. The van der Waals surface area contributed by atoms with Crippen molar-refractivity contribution in [1.29, 1.82) is 0 Å². The second-order valence-corrected chi connectivity index (χ2v) is 5.44. The Bertz CT molecular complexity index is 269. The van der Waals surface area contributed by atoms with Gasteiger partial charge < -0.3 is 15.0 Å². The molecular formula is C13H25N3O2. The molecule has 0 unspecified atom stereocenters. The molecule has 0 aliphatic carbocycles. The second kappa shape index (κ2) is 6.38. The van der Waals surface area contributed by atoms with Gasteiger partial charge in [-0.2, -0.15) is 0 Å². The van der Waals surface area contributed by atoms with Crippen LogP contribution in [0.4, 0.5) is 4.79 Å². The molecule has 2 heterocycles. The highest BCUT2D eigenvalue weighted by Crippen LogP contribution is 2.17. The summed E-state index contributed by atoms with van der Waals surface area (Å²) in [5, 5.41) is 3.38. The third-order valence-corrected chi connectivity index (χ3v) is 3.73. The van der Waals surface area contributed by atoms with Crippen LogP contribution in [-0.4, -0.2) is 67.3 Å². The Morgan fingerprint density at radius 2 is 1.78 bits per heavy atom. The van der Waals surface area contributed by atoms with Crippen molar-refractivity contribution < 1.29 is 9.53 Å². The SMILES string of the molecule is CC(C)OC(=O)N1CCC(N2CCNCC2)CC1. The molecule has 5 nitrogen and oxygen atoms in total. The molecule has 104 valence electrons. The fourth-order valence-electron chi connectivity index (χ4n) is 2.74. The number of carbonyl (C=O) groups is 1. The fourth-order valence-corrected chi connectivity index (χ4v) is 2.74. The van der Waals surface area contributed by atoms with Gasteiger partial charge in [0.05, 0.1) is 6.10 Å². The number of rotatable bonds is 2. The molecule has 0 bridgehead atoms. The third kappa shape index (κ3) is 3.59. The number of nitrogens with one attached hydrogen (secondary N) is 1. The molecule has 1 N–H and O–H groups in total. The van der Waals surface area contributed by atoms with Crippen LogP contribution in [0, 0.1) is 0 Å². The maximum absolute atomic E-state index is 11.8. The van der Waals surface area contributed by atoms with Crippen molar-refractivity contribution in [2.75, 3.05) is 39.3 Å². The average Bonchev–Trinajstić information content (AvgIpc) is 2.39. The predicted molar refractivity (Wildman–Crippen MR) is 70.7 cm³/mol. The first-order chi connectivity index (χ1) is 8.66. The summed E-state index contributed by atoms with van der Waals surface area (Å²) < 4.78 is 5.23. The molecule has 0 aromatic heterocycles. The fraction of sp³-hybridized carbons (Fsp3) is 0.923. The zero-order valence-electron chi connectivity index (χ0n) is 11.5. The van der Waals surface area contributed by atoms with Crippen LogP contribution >= 0.6 is 0 Å². The Hall–Kier alpha value is -0.810. The minimum Gasteiger partial charge on any atom is -0.447 e. The smallest absolute Gasteiger partial charge is 0.410 e. The maximum atomic E-state index is 11.8. The van der Waals surface area contributed by atoms with E-state index in [1.54, 1.807) is 0 Å². The largest absolute Gasteiger partial charge is 0.447 e. The predicted octanol–water partition coefficient (Wildman–Crippen LogP) is 0.901. The van der Waals surface area contributed by atoms with Gasteiger partial charge >= 0.3 is 6.09 Å². The molecule has 2 aliphatic heterocycles. The highest BCUT2D eigenvalue weighted by molar-refractivity contribution is 5.67. The lowest BCUT2D eigenvalue weighted by atomic mass is 10.0. The summed E-state index contributed by atoms with van der Waals surface area (Å²) in [6.45, 7) is 9.92. The molecule has 1 amide bonds. The van der Waals surface area contributed by atoms with Gasteiger partial charge in [0.1, 0.15) is 0 Å². The van der Waals surface area contributed by atoms with E-state index < -0.39 is 0 Å². The summed E-state index contributed by atoms with van der Waals surface area (Å²) in [4.78, 5) is 16.2. The van der Waals surface area contributed by atoms with Crippen molar-refractivity contribution in [3.05, 3.63) is 0 Å². The molecule has 2 aliphatic rings. The number of ether oxygens (including phenoxy) is 1. The van der Waals surface area contributed by atoms with Crippen molar-refractivity contribution in [3.8, 4) is 0 Å². The molecule has 18 heavy (non-hydrogen) atoms. The zero-order valence-corrected chi connectivity index (χ0v) is 11.5. The van der Waals surface area contributed by atoms with Gasteiger partial charge in [-0.3, -0.25) is 4.90 Å². The number of hydrogen-bond donors (Lipinski definition) is 1. The minimum atomic E-state index is -0.149. The van der Waals surface area contributed by atoms with Crippen LogP contribution in [0.2, 0.25) is 0 Å². The Labute approximate surface area is 109 Å². The molecule has 5 heteroatoms. The lowest BCUT2D eigenvalue weighted by Gasteiger charge is -2.40. The zero-order chi connectivity index (χ0) is 13.0. The van der Waals surface area contributed by atoms with Crippen molar-refractivity contribution in [2.45, 2.75) is 38.8 Å². The summed E-state index contributed by atoms with van der Waals surface area (Å²) in [7, 11) is 0. The first-order valence-electron chi connectivity index (χ1n) is 7.07. The Morgan fingerprint density at radius 3 is 2.33 bits per heavy atom. The number of piperidine rings is 1. The molecule has 2 rings (SSSR count). The summed E-state index contributed by atoms with van der Waals surface area (Å²) in [6.07, 6.45) is 1.98. The van der Waals surface area contributed by atoms with E-state index in [-0.39, 0.29) is 12.2 Å². The second-order valence-electron chi connectivity index (χ2n) is 5.44. The summed E-state index contributed by atoms with van der Waals surface area (Å²) in [6, 6.07) is 0.648. The Balaban J connectivity index is 1.75. The lowest BCUT2D eigenvalue weighted by molar-refractivity contribution is 0.0527. The molecular weight excluding hydrogens is 230 g/mol. The number of nitrogens with zero attached hydrogens (tertiary/aromatic N) is 2. The van der Waals surface area contributed by atoms with Crippen molar-refractivity contribution in [1.82, 2.24) is 15.1 Å². The van der Waals surface area contributed by atoms with Gasteiger partial charge in [0, 0.05) is 45.3 Å². The van der Waals surface area contributed by atoms with Crippen molar-refractivity contribution in [2.24, 2.45) is 0 Å². The molecule has 0 spiro atoms. The standard InChI is InChI=1S/C13H25N3O2/c1-11(2)18-13(17)16-7-3-12(4-8-16)15-9-5-14-6-10-15/h11-12,14H,3-10H2,1-2H3.